The third kappa shape index (κ3) is 3.72. The minimum absolute atomic E-state index is 0.0768. The second-order valence-electron chi connectivity index (χ2n) is 5.14. The Hall–Kier alpha value is -1.57. The van der Waals surface area contributed by atoms with Gasteiger partial charge in [0, 0.05) is 17.6 Å². The van der Waals surface area contributed by atoms with Crippen molar-refractivity contribution in [3.63, 3.8) is 0 Å². The molecule has 1 aliphatic heterocycles. The molecule has 0 bridgehead atoms. The lowest BCUT2D eigenvalue weighted by Gasteiger charge is -2.35. The first-order valence-electron chi connectivity index (χ1n) is 6.74. The quantitative estimate of drug-likeness (QED) is 0.926. The van der Waals surface area contributed by atoms with E-state index in [4.69, 9.17) is 22.0 Å². The molecule has 2 rings (SSSR count). The van der Waals surface area contributed by atoms with Gasteiger partial charge >= 0.3 is 5.97 Å². The van der Waals surface area contributed by atoms with Crippen LogP contribution in [0.4, 0.5) is 0 Å². The highest BCUT2D eigenvalue weighted by Crippen LogP contribution is 2.25. The van der Waals surface area contributed by atoms with E-state index in [9.17, 15) is 4.79 Å². The van der Waals surface area contributed by atoms with Crippen LogP contribution in [0.1, 0.15) is 36.8 Å². The first-order chi connectivity index (χ1) is 9.60. The topological polar surface area (TPSA) is 64.3 Å². The number of carboxylic acids is 1. The van der Waals surface area contributed by atoms with Gasteiger partial charge in [-0.3, -0.25) is 9.69 Å². The van der Waals surface area contributed by atoms with E-state index in [-0.39, 0.29) is 12.5 Å². The Balaban J connectivity index is 2.10. The molecule has 1 fully saturated rings. The van der Waals surface area contributed by atoms with Gasteiger partial charge in [0.25, 0.3) is 0 Å². The van der Waals surface area contributed by atoms with E-state index in [0.717, 1.165) is 31.4 Å². The maximum atomic E-state index is 10.9. The predicted molar refractivity (Wildman–Crippen MR) is 76.5 cm³/mol. The van der Waals surface area contributed by atoms with Crippen molar-refractivity contribution in [3.05, 3.63) is 34.3 Å². The van der Waals surface area contributed by atoms with E-state index in [1.54, 1.807) is 12.1 Å². The van der Waals surface area contributed by atoms with E-state index >= 15 is 0 Å². The summed E-state index contributed by atoms with van der Waals surface area (Å²) in [6, 6.07) is 7.40. The number of benzene rings is 1. The molecule has 0 saturated carbocycles. The van der Waals surface area contributed by atoms with Crippen LogP contribution < -0.4 is 0 Å². The summed E-state index contributed by atoms with van der Waals surface area (Å²) in [7, 11) is 0. The zero-order valence-electron chi connectivity index (χ0n) is 11.2. The van der Waals surface area contributed by atoms with E-state index < -0.39 is 5.97 Å². The van der Waals surface area contributed by atoms with Crippen LogP contribution in [0.15, 0.2) is 18.2 Å². The number of nitrogens with zero attached hydrogens (tertiary/aromatic N) is 2. The van der Waals surface area contributed by atoms with Gasteiger partial charge in [-0.2, -0.15) is 5.26 Å². The normalized spacial score (nSPS) is 19.5. The van der Waals surface area contributed by atoms with Crippen molar-refractivity contribution in [1.29, 1.82) is 5.26 Å². The molecular weight excluding hydrogens is 276 g/mol. The fourth-order valence-electron chi connectivity index (χ4n) is 2.66. The summed E-state index contributed by atoms with van der Waals surface area (Å²) < 4.78 is 0. The number of likely N-dealkylation sites (tertiary alicyclic amines) is 1. The molecule has 1 aromatic carbocycles. The van der Waals surface area contributed by atoms with Crippen molar-refractivity contribution in [1.82, 2.24) is 4.90 Å². The van der Waals surface area contributed by atoms with Crippen LogP contribution in [-0.4, -0.2) is 28.6 Å². The molecule has 4 nitrogen and oxygen atoms in total. The minimum Gasteiger partial charge on any atom is -0.481 e. The lowest BCUT2D eigenvalue weighted by atomic mass is 9.98. The summed E-state index contributed by atoms with van der Waals surface area (Å²) in [5, 5.41) is 18.4. The molecule has 1 aliphatic rings. The number of carbonyl (C=O) groups is 1. The monoisotopic (exact) mass is 292 g/mol. The molecule has 0 amide bonds. The average molecular weight is 293 g/mol. The molecule has 1 N–H and O–H groups in total. The SMILES string of the molecule is N#Cc1ccc(CN2CCCCC2CC(=O)O)c(Cl)c1. The highest BCUT2D eigenvalue weighted by Gasteiger charge is 2.25. The van der Waals surface area contributed by atoms with Crippen LogP contribution in [-0.2, 0) is 11.3 Å². The number of nitriles is 1. The molecule has 106 valence electrons. The molecule has 20 heavy (non-hydrogen) atoms. The van der Waals surface area contributed by atoms with Gasteiger partial charge in [0.15, 0.2) is 0 Å². The first-order valence-corrected chi connectivity index (χ1v) is 7.12. The van der Waals surface area contributed by atoms with Crippen molar-refractivity contribution in [3.8, 4) is 6.07 Å². The second-order valence-corrected chi connectivity index (χ2v) is 5.54. The molecular formula is C15H17ClN2O2. The molecule has 0 spiro atoms. The Kier molecular flexibility index (Phi) is 4.99. The van der Waals surface area contributed by atoms with Crippen LogP contribution in [0.5, 0.6) is 0 Å². The highest BCUT2D eigenvalue weighted by atomic mass is 35.5. The average Bonchev–Trinajstić information content (AvgIpc) is 2.42. The summed E-state index contributed by atoms with van der Waals surface area (Å²) in [5.41, 5.74) is 1.49. The van der Waals surface area contributed by atoms with Gasteiger partial charge in [0.2, 0.25) is 0 Å². The largest absolute Gasteiger partial charge is 0.481 e. The molecule has 1 atom stereocenters. The second kappa shape index (κ2) is 6.74. The van der Waals surface area contributed by atoms with Gasteiger partial charge in [-0.15, -0.1) is 0 Å². The van der Waals surface area contributed by atoms with Gasteiger partial charge in [-0.05, 0) is 37.1 Å². The van der Waals surface area contributed by atoms with Gasteiger partial charge in [-0.1, -0.05) is 24.1 Å². The maximum absolute atomic E-state index is 10.9. The zero-order valence-corrected chi connectivity index (χ0v) is 11.9. The number of hydrogen-bond acceptors (Lipinski definition) is 3. The van der Waals surface area contributed by atoms with Crippen molar-refractivity contribution in [2.45, 2.75) is 38.3 Å². The third-order valence-electron chi connectivity index (χ3n) is 3.71. The number of piperidine rings is 1. The number of aliphatic carboxylic acids is 1. The standard InChI is InChI=1S/C15H17ClN2O2/c16-14-7-11(9-17)4-5-12(14)10-18-6-2-1-3-13(18)8-15(19)20/h4-5,7,13H,1-3,6,8,10H2,(H,19,20). The molecule has 5 heteroatoms. The van der Waals surface area contributed by atoms with Crippen molar-refractivity contribution < 1.29 is 9.90 Å². The molecule has 1 saturated heterocycles. The summed E-state index contributed by atoms with van der Waals surface area (Å²) >= 11 is 6.19. The summed E-state index contributed by atoms with van der Waals surface area (Å²) in [5.74, 6) is -0.757. The van der Waals surface area contributed by atoms with Crippen LogP contribution in [0.3, 0.4) is 0 Å². The molecule has 1 aromatic rings. The summed E-state index contributed by atoms with van der Waals surface area (Å²) in [4.78, 5) is 13.1. The smallest absolute Gasteiger partial charge is 0.304 e. The van der Waals surface area contributed by atoms with E-state index in [0.29, 0.717) is 17.1 Å². The van der Waals surface area contributed by atoms with E-state index in [1.165, 1.54) is 0 Å². The number of halogens is 1. The predicted octanol–water partition coefficient (Wildman–Crippen LogP) is 3.04. The van der Waals surface area contributed by atoms with Crippen LogP contribution in [0, 0.1) is 11.3 Å². The van der Waals surface area contributed by atoms with E-state index in [1.807, 2.05) is 6.07 Å². The zero-order chi connectivity index (χ0) is 14.5. The minimum atomic E-state index is -0.757. The lowest BCUT2D eigenvalue weighted by molar-refractivity contribution is -0.138. The molecule has 0 aliphatic carbocycles. The molecule has 1 heterocycles. The van der Waals surface area contributed by atoms with E-state index in [2.05, 4.69) is 11.0 Å². The van der Waals surface area contributed by atoms with Crippen LogP contribution in [0.25, 0.3) is 0 Å². The van der Waals surface area contributed by atoms with Crippen molar-refractivity contribution in [2.75, 3.05) is 6.54 Å². The van der Waals surface area contributed by atoms with Gasteiger partial charge in [0.05, 0.1) is 18.1 Å². The van der Waals surface area contributed by atoms with Crippen LogP contribution >= 0.6 is 11.6 Å². The Labute approximate surface area is 123 Å². The Morgan fingerprint density at radius 2 is 2.30 bits per heavy atom. The summed E-state index contributed by atoms with van der Waals surface area (Å²) in [6.07, 6.45) is 3.26. The Morgan fingerprint density at radius 1 is 1.50 bits per heavy atom. The number of hydrogen-bond donors (Lipinski definition) is 1. The third-order valence-corrected chi connectivity index (χ3v) is 4.07. The maximum Gasteiger partial charge on any atom is 0.304 e. The van der Waals surface area contributed by atoms with Crippen molar-refractivity contribution >= 4 is 17.6 Å². The fourth-order valence-corrected chi connectivity index (χ4v) is 2.91. The fraction of sp³-hybridized carbons (Fsp3) is 0.467. The van der Waals surface area contributed by atoms with Gasteiger partial charge < -0.3 is 5.11 Å². The van der Waals surface area contributed by atoms with Crippen LogP contribution in [0.2, 0.25) is 5.02 Å². The number of carboxylic acid groups (broad SMARTS) is 1. The van der Waals surface area contributed by atoms with Gasteiger partial charge in [0.1, 0.15) is 0 Å². The molecule has 0 radical (unpaired) electrons. The molecule has 1 unspecified atom stereocenters. The van der Waals surface area contributed by atoms with Gasteiger partial charge in [-0.25, -0.2) is 0 Å². The lowest BCUT2D eigenvalue weighted by Crippen LogP contribution is -2.40. The highest BCUT2D eigenvalue weighted by molar-refractivity contribution is 6.31. The van der Waals surface area contributed by atoms with Crippen molar-refractivity contribution in [2.24, 2.45) is 0 Å². The number of rotatable bonds is 4. The molecule has 0 aromatic heterocycles. The summed E-state index contributed by atoms with van der Waals surface area (Å²) in [6.45, 7) is 1.54. The Morgan fingerprint density at radius 3 is 2.95 bits per heavy atom. The first kappa shape index (κ1) is 14.8. The Bertz CT molecular complexity index is 539.